The number of aliphatic hydroxyl groups excluding tert-OH is 1. The lowest BCUT2D eigenvalue weighted by atomic mass is 9.72. The maximum Gasteiger partial charge on any atom is 0.0881 e. The van der Waals surface area contributed by atoms with Crippen LogP contribution in [0.25, 0.3) is 10.9 Å². The first-order valence-electron chi connectivity index (χ1n) is 7.17. The third-order valence-electron chi connectivity index (χ3n) is 4.52. The molecule has 1 fully saturated rings. The minimum Gasteiger partial charge on any atom is -0.388 e. The molecule has 4 nitrogen and oxygen atoms in total. The highest BCUT2D eigenvalue weighted by molar-refractivity contribution is 6.35. The minimum absolute atomic E-state index is 0.351. The molecule has 5 heteroatoms. The zero-order valence-corrected chi connectivity index (χ0v) is 12.5. The lowest BCUT2D eigenvalue weighted by Crippen LogP contribution is -2.41. The number of aromatic nitrogens is 1. The van der Waals surface area contributed by atoms with Gasteiger partial charge in [-0.25, -0.2) is 0 Å². The molecule has 0 bridgehead atoms. The Balaban J connectivity index is 2.09. The summed E-state index contributed by atoms with van der Waals surface area (Å²) in [5.74, 6) is 0. The molecule has 1 aliphatic heterocycles. The summed E-state index contributed by atoms with van der Waals surface area (Å²) in [6.07, 6.45) is 2.55. The van der Waals surface area contributed by atoms with E-state index in [1.807, 2.05) is 24.3 Å². The van der Waals surface area contributed by atoms with Crippen LogP contribution in [0.3, 0.4) is 0 Å². The van der Waals surface area contributed by atoms with E-state index in [1.54, 1.807) is 6.20 Å². The van der Waals surface area contributed by atoms with Gasteiger partial charge in [0.15, 0.2) is 0 Å². The fourth-order valence-corrected chi connectivity index (χ4v) is 3.29. The van der Waals surface area contributed by atoms with Crippen LogP contribution in [0.1, 0.15) is 24.5 Å². The molecule has 0 aliphatic carbocycles. The van der Waals surface area contributed by atoms with E-state index in [9.17, 15) is 5.11 Å². The van der Waals surface area contributed by atoms with Gasteiger partial charge in [0.25, 0.3) is 0 Å². The van der Waals surface area contributed by atoms with Crippen LogP contribution in [0.15, 0.2) is 30.5 Å². The molecule has 3 rings (SSSR count). The van der Waals surface area contributed by atoms with Crippen molar-refractivity contribution in [2.45, 2.75) is 18.9 Å². The number of halogens is 1. The van der Waals surface area contributed by atoms with Gasteiger partial charge in [0.05, 0.1) is 11.6 Å². The maximum absolute atomic E-state index is 11.0. The van der Waals surface area contributed by atoms with E-state index in [2.05, 4.69) is 4.98 Å². The van der Waals surface area contributed by atoms with Crippen LogP contribution in [0, 0.1) is 5.41 Å². The molecule has 21 heavy (non-hydrogen) atoms. The Bertz CT molecular complexity index is 641. The number of benzene rings is 1. The van der Waals surface area contributed by atoms with E-state index in [4.69, 9.17) is 22.1 Å². The lowest BCUT2D eigenvalue weighted by molar-refractivity contribution is -0.0576. The Morgan fingerprint density at radius 3 is 2.81 bits per heavy atom. The first kappa shape index (κ1) is 14.7. The summed E-state index contributed by atoms with van der Waals surface area (Å²) in [6.45, 7) is 1.69. The number of pyridine rings is 1. The molecule has 3 N–H and O–H groups in total. The molecular formula is C16H19ClN2O2. The summed E-state index contributed by atoms with van der Waals surface area (Å²) in [4.78, 5) is 4.41. The Labute approximate surface area is 128 Å². The molecule has 1 saturated heterocycles. The number of hydrogen-bond acceptors (Lipinski definition) is 4. The van der Waals surface area contributed by atoms with Crippen LogP contribution in [0.4, 0.5) is 0 Å². The molecule has 0 radical (unpaired) electrons. The van der Waals surface area contributed by atoms with E-state index >= 15 is 0 Å². The number of nitrogens with two attached hydrogens (primary N) is 1. The third-order valence-corrected chi connectivity index (χ3v) is 4.85. The zero-order valence-electron chi connectivity index (χ0n) is 11.8. The standard InChI is InChI=1S/C16H19ClN2O2/c17-13-4-3-12(14-11(13)2-1-7-19-14)15(20)16(10-18)5-8-21-9-6-16/h1-4,7,15,20H,5-6,8-10,18H2. The number of fused-ring (bicyclic) bond motifs is 1. The largest absolute Gasteiger partial charge is 0.388 e. The van der Waals surface area contributed by atoms with Crippen molar-refractivity contribution in [3.05, 3.63) is 41.0 Å². The van der Waals surface area contributed by atoms with Crippen LogP contribution in [0.5, 0.6) is 0 Å². The topological polar surface area (TPSA) is 68.4 Å². The monoisotopic (exact) mass is 306 g/mol. The Hall–Kier alpha value is -1.20. The molecule has 112 valence electrons. The molecular weight excluding hydrogens is 288 g/mol. The maximum atomic E-state index is 11.0. The molecule has 2 aromatic rings. The number of ether oxygens (including phenoxy) is 1. The van der Waals surface area contributed by atoms with Crippen molar-refractivity contribution < 1.29 is 9.84 Å². The van der Waals surface area contributed by atoms with Gasteiger partial charge in [0.1, 0.15) is 0 Å². The minimum atomic E-state index is -0.666. The first-order chi connectivity index (χ1) is 10.2. The molecule has 0 spiro atoms. The van der Waals surface area contributed by atoms with Crippen molar-refractivity contribution in [1.82, 2.24) is 4.98 Å². The summed E-state index contributed by atoms with van der Waals surface area (Å²) in [5, 5.41) is 12.5. The Morgan fingerprint density at radius 1 is 1.33 bits per heavy atom. The van der Waals surface area contributed by atoms with Crippen molar-refractivity contribution in [3.8, 4) is 0 Å². The highest BCUT2D eigenvalue weighted by Gasteiger charge is 2.40. The van der Waals surface area contributed by atoms with Crippen LogP contribution >= 0.6 is 11.6 Å². The molecule has 2 heterocycles. The molecule has 1 atom stereocenters. The summed E-state index contributed by atoms with van der Waals surface area (Å²) in [7, 11) is 0. The van der Waals surface area contributed by atoms with Gasteiger partial charge in [-0.3, -0.25) is 4.98 Å². The first-order valence-corrected chi connectivity index (χ1v) is 7.55. The predicted octanol–water partition coefficient (Wildman–Crippen LogP) is 2.68. The van der Waals surface area contributed by atoms with E-state index in [-0.39, 0.29) is 5.41 Å². The van der Waals surface area contributed by atoms with Crippen LogP contribution < -0.4 is 5.73 Å². The van der Waals surface area contributed by atoms with E-state index in [0.717, 1.165) is 29.3 Å². The second kappa shape index (κ2) is 5.89. The molecule has 0 amide bonds. The fraction of sp³-hybridized carbons (Fsp3) is 0.438. The fourth-order valence-electron chi connectivity index (χ4n) is 3.08. The van der Waals surface area contributed by atoms with Gasteiger partial charge in [-0.2, -0.15) is 0 Å². The van der Waals surface area contributed by atoms with Crippen molar-refractivity contribution in [1.29, 1.82) is 0 Å². The second-order valence-electron chi connectivity index (χ2n) is 5.62. The van der Waals surface area contributed by atoms with Gasteiger partial charge in [0, 0.05) is 47.3 Å². The summed E-state index contributed by atoms with van der Waals surface area (Å²) in [5.41, 5.74) is 7.18. The van der Waals surface area contributed by atoms with Gasteiger partial charge < -0.3 is 15.6 Å². The summed E-state index contributed by atoms with van der Waals surface area (Å²) in [6, 6.07) is 7.43. The molecule has 1 aromatic carbocycles. The zero-order chi connectivity index (χ0) is 14.9. The van der Waals surface area contributed by atoms with Gasteiger partial charge in [-0.05, 0) is 31.0 Å². The summed E-state index contributed by atoms with van der Waals surface area (Å²) >= 11 is 6.22. The molecule has 1 unspecified atom stereocenters. The van der Waals surface area contributed by atoms with E-state index < -0.39 is 6.10 Å². The van der Waals surface area contributed by atoms with Gasteiger partial charge in [-0.1, -0.05) is 17.7 Å². The van der Waals surface area contributed by atoms with Crippen LogP contribution in [0.2, 0.25) is 5.02 Å². The average Bonchev–Trinajstić information content (AvgIpc) is 2.55. The average molecular weight is 307 g/mol. The van der Waals surface area contributed by atoms with Crippen LogP contribution in [-0.2, 0) is 4.74 Å². The normalized spacial score (nSPS) is 19.6. The number of nitrogens with zero attached hydrogens (tertiary/aromatic N) is 1. The van der Waals surface area contributed by atoms with E-state index in [1.165, 1.54) is 0 Å². The number of aliphatic hydroxyl groups is 1. The van der Waals surface area contributed by atoms with Crippen molar-refractivity contribution >= 4 is 22.5 Å². The number of hydrogen-bond donors (Lipinski definition) is 2. The highest BCUT2D eigenvalue weighted by atomic mass is 35.5. The lowest BCUT2D eigenvalue weighted by Gasteiger charge is -2.40. The molecule has 0 saturated carbocycles. The third kappa shape index (κ3) is 2.53. The Morgan fingerprint density at radius 2 is 2.10 bits per heavy atom. The quantitative estimate of drug-likeness (QED) is 0.915. The Kier molecular flexibility index (Phi) is 4.13. The SMILES string of the molecule is NCC1(C(O)c2ccc(Cl)c3cccnc23)CCOCC1. The van der Waals surface area contributed by atoms with Gasteiger partial charge in [-0.15, -0.1) is 0 Å². The molecule has 1 aromatic heterocycles. The summed E-state index contributed by atoms with van der Waals surface area (Å²) < 4.78 is 5.42. The smallest absolute Gasteiger partial charge is 0.0881 e. The van der Waals surface area contributed by atoms with Crippen molar-refractivity contribution in [3.63, 3.8) is 0 Å². The highest BCUT2D eigenvalue weighted by Crippen LogP contribution is 2.43. The second-order valence-corrected chi connectivity index (χ2v) is 6.02. The van der Waals surface area contributed by atoms with Crippen molar-refractivity contribution in [2.24, 2.45) is 11.1 Å². The van der Waals surface area contributed by atoms with Crippen LogP contribution in [-0.4, -0.2) is 29.8 Å². The van der Waals surface area contributed by atoms with Gasteiger partial charge >= 0.3 is 0 Å². The molecule has 1 aliphatic rings. The van der Waals surface area contributed by atoms with Gasteiger partial charge in [0.2, 0.25) is 0 Å². The van der Waals surface area contributed by atoms with E-state index in [0.29, 0.717) is 24.8 Å². The number of rotatable bonds is 3. The van der Waals surface area contributed by atoms with Crippen molar-refractivity contribution in [2.75, 3.05) is 19.8 Å². The predicted molar refractivity (Wildman–Crippen MR) is 83.3 cm³/mol.